The molecule has 3 aromatic rings. The van der Waals surface area contributed by atoms with Crippen molar-refractivity contribution in [3.8, 4) is 5.69 Å². The van der Waals surface area contributed by atoms with Gasteiger partial charge in [-0.2, -0.15) is 0 Å². The van der Waals surface area contributed by atoms with Crippen LogP contribution in [0, 0.1) is 13.8 Å². The van der Waals surface area contributed by atoms with Gasteiger partial charge in [-0.05, 0) is 74.8 Å². The SMILES string of the molecule is Cc1cc([C@@H]2[C@@H](c3ccccn3)NC(=S)N2C[C@@H]2CCCO2)c(C)n1-c1ccccc1Cl. The molecule has 5 nitrogen and oxygen atoms in total. The molecule has 2 fully saturated rings. The molecule has 166 valence electrons. The maximum absolute atomic E-state index is 6.57. The number of benzene rings is 1. The van der Waals surface area contributed by atoms with E-state index in [1.807, 2.05) is 36.5 Å². The molecule has 0 aliphatic carbocycles. The van der Waals surface area contributed by atoms with Gasteiger partial charge < -0.3 is 19.5 Å². The lowest BCUT2D eigenvalue weighted by molar-refractivity contribution is 0.0842. The molecule has 2 aromatic heterocycles. The maximum Gasteiger partial charge on any atom is 0.170 e. The summed E-state index contributed by atoms with van der Waals surface area (Å²) in [4.78, 5) is 6.96. The predicted octanol–water partition coefficient (Wildman–Crippen LogP) is 5.29. The van der Waals surface area contributed by atoms with Crippen LogP contribution in [0.5, 0.6) is 0 Å². The molecule has 2 aliphatic rings. The second kappa shape index (κ2) is 8.85. The standard InChI is InChI=1S/C25H27ClN4OS/c1-16-14-19(17(2)30(16)22-11-4-3-9-20(22)26)24-23(21-10-5-6-12-27-21)28-25(32)29(24)15-18-8-7-13-31-18/h3-6,9-12,14,18,23-24H,7-8,13,15H2,1-2H3,(H,28,32)/t18-,23+,24+/m0/s1. The van der Waals surface area contributed by atoms with E-state index in [2.05, 4.69) is 51.8 Å². The monoisotopic (exact) mass is 466 g/mol. The Kier molecular flexibility index (Phi) is 5.93. The highest BCUT2D eigenvalue weighted by Gasteiger charge is 2.42. The molecule has 0 saturated carbocycles. The maximum atomic E-state index is 6.57. The number of rotatable bonds is 5. The molecule has 5 rings (SSSR count). The van der Waals surface area contributed by atoms with Gasteiger partial charge in [0, 0.05) is 30.7 Å². The molecule has 1 N–H and O–H groups in total. The van der Waals surface area contributed by atoms with Crippen LogP contribution < -0.4 is 5.32 Å². The van der Waals surface area contributed by atoms with Crippen molar-refractivity contribution in [3.05, 3.63) is 82.4 Å². The first kappa shape index (κ1) is 21.4. The van der Waals surface area contributed by atoms with Gasteiger partial charge in [0.25, 0.3) is 0 Å². The minimum atomic E-state index is -0.0368. The molecule has 0 amide bonds. The fraction of sp³-hybridized carbons (Fsp3) is 0.360. The van der Waals surface area contributed by atoms with Gasteiger partial charge in [0.05, 0.1) is 34.6 Å². The van der Waals surface area contributed by atoms with Crippen LogP contribution in [0.15, 0.2) is 54.7 Å². The van der Waals surface area contributed by atoms with Gasteiger partial charge in [-0.25, -0.2) is 0 Å². The fourth-order valence-electron chi connectivity index (χ4n) is 5.04. The molecule has 7 heteroatoms. The van der Waals surface area contributed by atoms with Gasteiger partial charge in [-0.15, -0.1) is 0 Å². The Morgan fingerprint density at radius 1 is 1.19 bits per heavy atom. The van der Waals surface area contributed by atoms with Gasteiger partial charge in [0.1, 0.15) is 0 Å². The van der Waals surface area contributed by atoms with Crippen LogP contribution in [0.1, 0.15) is 47.6 Å². The summed E-state index contributed by atoms with van der Waals surface area (Å²) in [5.74, 6) is 0. The number of thiocarbonyl (C=S) groups is 1. The first-order valence-electron chi connectivity index (χ1n) is 11.1. The lowest BCUT2D eigenvalue weighted by atomic mass is 9.96. The van der Waals surface area contributed by atoms with Crippen molar-refractivity contribution in [2.45, 2.75) is 44.9 Å². The van der Waals surface area contributed by atoms with E-state index in [0.29, 0.717) is 0 Å². The van der Waals surface area contributed by atoms with E-state index in [-0.39, 0.29) is 18.2 Å². The normalized spacial score (nSPS) is 23.0. The number of pyridine rings is 1. The number of ether oxygens (including phenoxy) is 1. The van der Waals surface area contributed by atoms with Crippen LogP contribution >= 0.6 is 23.8 Å². The second-order valence-corrected chi connectivity index (χ2v) is 9.32. The molecule has 32 heavy (non-hydrogen) atoms. The highest BCUT2D eigenvalue weighted by atomic mass is 35.5. The molecule has 4 heterocycles. The van der Waals surface area contributed by atoms with Gasteiger partial charge in [0.2, 0.25) is 0 Å². The zero-order valence-electron chi connectivity index (χ0n) is 18.3. The molecular formula is C25H27ClN4OS. The quantitative estimate of drug-likeness (QED) is 0.517. The summed E-state index contributed by atoms with van der Waals surface area (Å²) in [7, 11) is 0. The Morgan fingerprint density at radius 3 is 2.72 bits per heavy atom. The highest BCUT2D eigenvalue weighted by molar-refractivity contribution is 7.80. The molecule has 2 saturated heterocycles. The third-order valence-corrected chi connectivity index (χ3v) is 7.18. The minimum absolute atomic E-state index is 0.0176. The topological polar surface area (TPSA) is 42.3 Å². The lowest BCUT2D eigenvalue weighted by Crippen LogP contribution is -2.36. The third kappa shape index (κ3) is 3.81. The second-order valence-electron chi connectivity index (χ2n) is 8.53. The molecule has 0 radical (unpaired) electrons. The first-order chi connectivity index (χ1) is 15.5. The number of nitrogens with zero attached hydrogens (tertiary/aromatic N) is 3. The van der Waals surface area contributed by atoms with Crippen molar-refractivity contribution < 1.29 is 4.74 Å². The van der Waals surface area contributed by atoms with E-state index in [1.165, 1.54) is 5.56 Å². The molecule has 1 aromatic carbocycles. The average molecular weight is 467 g/mol. The highest BCUT2D eigenvalue weighted by Crippen LogP contribution is 2.42. The van der Waals surface area contributed by atoms with Crippen molar-refractivity contribution in [2.24, 2.45) is 0 Å². The molecule has 0 bridgehead atoms. The van der Waals surface area contributed by atoms with Crippen LogP contribution in [-0.4, -0.2) is 38.8 Å². The van der Waals surface area contributed by atoms with Crippen molar-refractivity contribution in [3.63, 3.8) is 0 Å². The van der Waals surface area contributed by atoms with Gasteiger partial charge >= 0.3 is 0 Å². The molecule has 2 aliphatic heterocycles. The summed E-state index contributed by atoms with van der Waals surface area (Å²) in [5, 5.41) is 5.04. The van der Waals surface area contributed by atoms with Crippen LogP contribution in [-0.2, 0) is 4.74 Å². The van der Waals surface area contributed by atoms with E-state index in [4.69, 9.17) is 28.6 Å². The van der Waals surface area contributed by atoms with Crippen LogP contribution in [0.4, 0.5) is 0 Å². The van der Waals surface area contributed by atoms with Crippen LogP contribution in [0.25, 0.3) is 5.69 Å². The molecule has 0 spiro atoms. The summed E-state index contributed by atoms with van der Waals surface area (Å²) < 4.78 is 8.20. The zero-order chi connectivity index (χ0) is 22.2. The Hall–Kier alpha value is -2.41. The summed E-state index contributed by atoms with van der Waals surface area (Å²) in [5.41, 5.74) is 5.50. The van der Waals surface area contributed by atoms with E-state index in [9.17, 15) is 0 Å². The predicted molar refractivity (Wildman–Crippen MR) is 131 cm³/mol. The summed E-state index contributed by atoms with van der Waals surface area (Å²) >= 11 is 12.4. The minimum Gasteiger partial charge on any atom is -0.376 e. The van der Waals surface area contributed by atoms with Gasteiger partial charge in [-0.3, -0.25) is 4.98 Å². The van der Waals surface area contributed by atoms with Crippen molar-refractivity contribution in [1.82, 2.24) is 19.8 Å². The van der Waals surface area contributed by atoms with Crippen molar-refractivity contribution >= 4 is 28.9 Å². The van der Waals surface area contributed by atoms with Crippen molar-refractivity contribution in [2.75, 3.05) is 13.2 Å². The molecular weight excluding hydrogens is 440 g/mol. The number of aryl methyl sites for hydroxylation is 1. The van der Waals surface area contributed by atoms with Gasteiger partial charge in [-0.1, -0.05) is 29.8 Å². The fourth-order valence-corrected chi connectivity index (χ4v) is 5.57. The average Bonchev–Trinajstić information content (AvgIpc) is 3.49. The number of aromatic nitrogens is 2. The van der Waals surface area contributed by atoms with E-state index >= 15 is 0 Å². The third-order valence-electron chi connectivity index (χ3n) is 6.50. The van der Waals surface area contributed by atoms with Crippen LogP contribution in [0.2, 0.25) is 5.02 Å². The molecule has 0 unspecified atom stereocenters. The Labute approximate surface area is 199 Å². The smallest absolute Gasteiger partial charge is 0.170 e. The Balaban J connectivity index is 1.60. The lowest BCUT2D eigenvalue weighted by Gasteiger charge is -2.30. The number of hydrogen-bond acceptors (Lipinski definition) is 3. The van der Waals surface area contributed by atoms with E-state index in [1.54, 1.807) is 0 Å². The number of para-hydroxylation sites is 1. The number of halogens is 1. The number of hydrogen-bond donors (Lipinski definition) is 1. The number of nitrogens with one attached hydrogen (secondary N) is 1. The van der Waals surface area contributed by atoms with E-state index < -0.39 is 0 Å². The summed E-state index contributed by atoms with van der Waals surface area (Å²) in [6.07, 6.45) is 4.21. The van der Waals surface area contributed by atoms with Crippen LogP contribution in [0.3, 0.4) is 0 Å². The van der Waals surface area contributed by atoms with E-state index in [0.717, 1.165) is 58.9 Å². The Morgan fingerprint density at radius 2 is 2.00 bits per heavy atom. The summed E-state index contributed by atoms with van der Waals surface area (Å²) in [6, 6.07) is 16.3. The first-order valence-corrected chi connectivity index (χ1v) is 11.9. The van der Waals surface area contributed by atoms with Gasteiger partial charge in [0.15, 0.2) is 5.11 Å². The largest absolute Gasteiger partial charge is 0.376 e. The summed E-state index contributed by atoms with van der Waals surface area (Å²) in [6.45, 7) is 5.89. The van der Waals surface area contributed by atoms with Crippen molar-refractivity contribution in [1.29, 1.82) is 0 Å². The Bertz CT molecular complexity index is 1130. The molecule has 3 atom stereocenters. The zero-order valence-corrected chi connectivity index (χ0v) is 19.9.